The minimum absolute atomic E-state index is 0.0326. The number of alkyl halides is 3. The molecule has 35 heavy (non-hydrogen) atoms. The third kappa shape index (κ3) is 6.49. The van der Waals surface area contributed by atoms with Crippen LogP contribution in [0.25, 0.3) is 5.69 Å². The van der Waals surface area contributed by atoms with E-state index >= 15 is 0 Å². The van der Waals surface area contributed by atoms with Crippen LogP contribution in [-0.4, -0.2) is 27.6 Å². The van der Waals surface area contributed by atoms with Crippen LogP contribution in [0.1, 0.15) is 58.7 Å². The molecule has 2 amide bonds. The molecule has 1 unspecified atom stereocenters. The van der Waals surface area contributed by atoms with Crippen LogP contribution in [0.2, 0.25) is 0 Å². The lowest BCUT2D eigenvalue weighted by atomic mass is 10.1. The standard InChI is InChI=1S/C26H29F3N4O2/c1-5-16(2)31-25(35)20-9-6-8-19(12-20)15-30-24(34)14-23-17(3)32-33(18(23)4)22-11-7-10-21(13-22)26(27,28)29/h6-13,16H,5,14-15H2,1-4H3,(H,30,34)(H,31,35). The van der Waals surface area contributed by atoms with Gasteiger partial charge in [-0.15, -0.1) is 0 Å². The number of hydrogen-bond donors (Lipinski definition) is 2. The first kappa shape index (κ1) is 26.0. The predicted octanol–water partition coefficient (Wildman–Crippen LogP) is 4.90. The number of nitrogens with zero attached hydrogens (tertiary/aromatic N) is 2. The van der Waals surface area contributed by atoms with Gasteiger partial charge in [0.2, 0.25) is 5.91 Å². The predicted molar refractivity (Wildman–Crippen MR) is 127 cm³/mol. The van der Waals surface area contributed by atoms with E-state index < -0.39 is 11.7 Å². The number of nitrogens with one attached hydrogen (secondary N) is 2. The van der Waals surface area contributed by atoms with Gasteiger partial charge in [0.25, 0.3) is 5.91 Å². The number of aryl methyl sites for hydroxylation is 1. The molecule has 6 nitrogen and oxygen atoms in total. The summed E-state index contributed by atoms with van der Waals surface area (Å²) in [5, 5.41) is 10.1. The second-order valence-electron chi connectivity index (χ2n) is 8.55. The van der Waals surface area contributed by atoms with Crippen LogP contribution in [0.15, 0.2) is 48.5 Å². The molecule has 0 aliphatic carbocycles. The van der Waals surface area contributed by atoms with Crippen LogP contribution < -0.4 is 10.6 Å². The molecule has 0 bridgehead atoms. The maximum atomic E-state index is 13.1. The summed E-state index contributed by atoms with van der Waals surface area (Å²) in [6, 6.07) is 12.0. The highest BCUT2D eigenvalue weighted by molar-refractivity contribution is 5.94. The number of amides is 2. The smallest absolute Gasteiger partial charge is 0.352 e. The van der Waals surface area contributed by atoms with Crippen LogP contribution >= 0.6 is 0 Å². The minimum Gasteiger partial charge on any atom is -0.352 e. The van der Waals surface area contributed by atoms with Gasteiger partial charge in [-0.25, -0.2) is 4.68 Å². The Morgan fingerprint density at radius 3 is 2.49 bits per heavy atom. The molecule has 0 saturated heterocycles. The van der Waals surface area contributed by atoms with E-state index in [1.165, 1.54) is 10.7 Å². The van der Waals surface area contributed by atoms with E-state index in [2.05, 4.69) is 15.7 Å². The summed E-state index contributed by atoms with van der Waals surface area (Å²) in [5.41, 5.74) is 2.64. The maximum absolute atomic E-state index is 13.1. The molecule has 0 spiro atoms. The summed E-state index contributed by atoms with van der Waals surface area (Å²) >= 11 is 0. The van der Waals surface area contributed by atoms with Crippen molar-refractivity contribution in [1.82, 2.24) is 20.4 Å². The molecule has 186 valence electrons. The van der Waals surface area contributed by atoms with Crippen molar-refractivity contribution in [2.45, 2.75) is 59.3 Å². The Hall–Kier alpha value is -3.62. The lowest BCUT2D eigenvalue weighted by Crippen LogP contribution is -2.32. The normalized spacial score (nSPS) is 12.3. The minimum atomic E-state index is -4.46. The Morgan fingerprint density at radius 1 is 1.09 bits per heavy atom. The van der Waals surface area contributed by atoms with Crippen molar-refractivity contribution in [1.29, 1.82) is 0 Å². The molecule has 0 radical (unpaired) electrons. The molecule has 1 atom stereocenters. The third-order valence-electron chi connectivity index (χ3n) is 5.87. The summed E-state index contributed by atoms with van der Waals surface area (Å²) in [6.45, 7) is 7.61. The van der Waals surface area contributed by atoms with E-state index in [0.717, 1.165) is 24.1 Å². The molecule has 1 heterocycles. The molecular formula is C26H29F3N4O2. The van der Waals surface area contributed by atoms with E-state index in [0.29, 0.717) is 22.5 Å². The van der Waals surface area contributed by atoms with E-state index in [1.807, 2.05) is 19.9 Å². The van der Waals surface area contributed by atoms with Crippen molar-refractivity contribution >= 4 is 11.8 Å². The molecule has 3 aromatic rings. The fourth-order valence-electron chi connectivity index (χ4n) is 3.65. The number of carbonyl (C=O) groups is 2. The number of rotatable bonds is 8. The number of benzene rings is 2. The highest BCUT2D eigenvalue weighted by Crippen LogP contribution is 2.31. The Morgan fingerprint density at radius 2 is 1.80 bits per heavy atom. The first-order valence-corrected chi connectivity index (χ1v) is 11.4. The SMILES string of the molecule is CCC(C)NC(=O)c1cccc(CNC(=O)Cc2c(C)nn(-c3cccc(C(F)(F)F)c3)c2C)c1. The molecule has 1 aromatic heterocycles. The van der Waals surface area contributed by atoms with Gasteiger partial charge >= 0.3 is 6.18 Å². The van der Waals surface area contributed by atoms with E-state index in [1.54, 1.807) is 38.1 Å². The fraction of sp³-hybridized carbons (Fsp3) is 0.346. The van der Waals surface area contributed by atoms with E-state index in [9.17, 15) is 22.8 Å². The highest BCUT2D eigenvalue weighted by Gasteiger charge is 2.30. The van der Waals surface area contributed by atoms with Crippen molar-refractivity contribution < 1.29 is 22.8 Å². The molecule has 3 rings (SSSR count). The van der Waals surface area contributed by atoms with Crippen LogP contribution in [0.5, 0.6) is 0 Å². The largest absolute Gasteiger partial charge is 0.416 e. The van der Waals surface area contributed by atoms with Gasteiger partial charge in [-0.1, -0.05) is 25.1 Å². The molecule has 0 fully saturated rings. The molecular weight excluding hydrogens is 457 g/mol. The maximum Gasteiger partial charge on any atom is 0.416 e. The zero-order chi connectivity index (χ0) is 25.8. The lowest BCUT2D eigenvalue weighted by Gasteiger charge is -2.12. The fourth-order valence-corrected chi connectivity index (χ4v) is 3.65. The van der Waals surface area contributed by atoms with Gasteiger partial charge in [-0.3, -0.25) is 9.59 Å². The Labute approximate surface area is 202 Å². The van der Waals surface area contributed by atoms with Gasteiger partial charge in [0.05, 0.1) is 23.4 Å². The monoisotopic (exact) mass is 486 g/mol. The van der Waals surface area contributed by atoms with Gasteiger partial charge in [0, 0.05) is 29.4 Å². The van der Waals surface area contributed by atoms with Crippen molar-refractivity contribution in [3.8, 4) is 5.69 Å². The first-order valence-electron chi connectivity index (χ1n) is 11.4. The first-order chi connectivity index (χ1) is 16.5. The van der Waals surface area contributed by atoms with Gasteiger partial charge in [-0.05, 0) is 63.1 Å². The van der Waals surface area contributed by atoms with Crippen molar-refractivity contribution in [2.75, 3.05) is 0 Å². The van der Waals surface area contributed by atoms with Gasteiger partial charge in [0.15, 0.2) is 0 Å². The van der Waals surface area contributed by atoms with Crippen LogP contribution in [0.4, 0.5) is 13.2 Å². The van der Waals surface area contributed by atoms with E-state index in [4.69, 9.17) is 0 Å². The van der Waals surface area contributed by atoms with E-state index in [-0.39, 0.29) is 36.5 Å². The molecule has 0 aliphatic heterocycles. The lowest BCUT2D eigenvalue weighted by molar-refractivity contribution is -0.137. The second-order valence-corrected chi connectivity index (χ2v) is 8.55. The topological polar surface area (TPSA) is 76.0 Å². The summed E-state index contributed by atoms with van der Waals surface area (Å²) in [6.07, 6.45) is -3.60. The summed E-state index contributed by atoms with van der Waals surface area (Å²) in [5.74, 6) is -0.421. The molecule has 2 aromatic carbocycles. The number of halogens is 3. The molecule has 0 aliphatic rings. The molecule has 9 heteroatoms. The third-order valence-corrected chi connectivity index (χ3v) is 5.87. The summed E-state index contributed by atoms with van der Waals surface area (Å²) in [4.78, 5) is 25.0. The van der Waals surface area contributed by atoms with Crippen LogP contribution in [0.3, 0.4) is 0 Å². The number of aromatic nitrogens is 2. The highest BCUT2D eigenvalue weighted by atomic mass is 19.4. The quantitative estimate of drug-likeness (QED) is 0.476. The van der Waals surface area contributed by atoms with Gasteiger partial charge < -0.3 is 10.6 Å². The zero-order valence-electron chi connectivity index (χ0n) is 20.2. The Balaban J connectivity index is 1.68. The Kier molecular flexibility index (Phi) is 7.99. The average molecular weight is 487 g/mol. The van der Waals surface area contributed by atoms with Crippen LogP contribution in [-0.2, 0) is 23.9 Å². The summed E-state index contributed by atoms with van der Waals surface area (Å²) in [7, 11) is 0. The molecule has 2 N–H and O–H groups in total. The molecule has 0 saturated carbocycles. The second kappa shape index (κ2) is 10.8. The number of hydrogen-bond acceptors (Lipinski definition) is 3. The zero-order valence-corrected chi connectivity index (χ0v) is 20.2. The van der Waals surface area contributed by atoms with Crippen molar-refractivity contribution in [3.63, 3.8) is 0 Å². The Bertz CT molecular complexity index is 1220. The number of carbonyl (C=O) groups excluding carboxylic acids is 2. The van der Waals surface area contributed by atoms with Crippen molar-refractivity contribution in [3.05, 3.63) is 82.2 Å². The average Bonchev–Trinajstić information content (AvgIpc) is 3.10. The van der Waals surface area contributed by atoms with Crippen LogP contribution in [0, 0.1) is 13.8 Å². The van der Waals surface area contributed by atoms with Crippen molar-refractivity contribution in [2.24, 2.45) is 0 Å². The van der Waals surface area contributed by atoms with Gasteiger partial charge in [0.1, 0.15) is 0 Å². The summed E-state index contributed by atoms with van der Waals surface area (Å²) < 4.78 is 40.7. The van der Waals surface area contributed by atoms with Gasteiger partial charge in [-0.2, -0.15) is 18.3 Å².